The van der Waals surface area contributed by atoms with Crippen LogP contribution in [0.4, 0.5) is 8.78 Å². The molecule has 0 amide bonds. The smallest absolute Gasteiger partial charge is 0.399 e. The number of halogens is 2. The number of alkyl halides is 2. The highest BCUT2D eigenvalue weighted by molar-refractivity contribution is 6.05. The molecular formula is C15H26F2O3. The number of ketones is 1. The molecule has 3 nitrogen and oxygen atoms in total. The van der Waals surface area contributed by atoms with Gasteiger partial charge in [0.1, 0.15) is 0 Å². The van der Waals surface area contributed by atoms with E-state index >= 15 is 0 Å². The molecule has 0 saturated heterocycles. The molecule has 0 aromatic rings. The van der Waals surface area contributed by atoms with Crippen LogP contribution in [0.15, 0.2) is 0 Å². The van der Waals surface area contributed by atoms with Gasteiger partial charge in [-0.15, -0.1) is 0 Å². The maximum absolute atomic E-state index is 13.1. The van der Waals surface area contributed by atoms with E-state index in [2.05, 4.69) is 11.7 Å². The Morgan fingerprint density at radius 3 is 1.80 bits per heavy atom. The van der Waals surface area contributed by atoms with E-state index in [0.717, 1.165) is 32.8 Å². The number of hydrogen-bond donors (Lipinski definition) is 0. The van der Waals surface area contributed by atoms with Crippen LogP contribution >= 0.6 is 0 Å². The number of carbonyl (C=O) groups is 2. The van der Waals surface area contributed by atoms with Crippen molar-refractivity contribution < 1.29 is 23.1 Å². The van der Waals surface area contributed by atoms with Crippen LogP contribution in [0.2, 0.25) is 0 Å². The lowest BCUT2D eigenvalue weighted by Crippen LogP contribution is -2.38. The van der Waals surface area contributed by atoms with Gasteiger partial charge < -0.3 is 4.74 Å². The minimum atomic E-state index is -3.99. The first-order valence-electron chi connectivity index (χ1n) is 7.46. The third-order valence-corrected chi connectivity index (χ3v) is 3.30. The Bertz CT molecular complexity index is 291. The summed E-state index contributed by atoms with van der Waals surface area (Å²) in [4.78, 5) is 22.0. The third kappa shape index (κ3) is 7.56. The zero-order valence-electron chi connectivity index (χ0n) is 12.6. The van der Waals surface area contributed by atoms with Gasteiger partial charge in [-0.1, -0.05) is 58.3 Å². The molecule has 0 saturated carbocycles. The molecule has 0 radical (unpaired) electrons. The standard InChI is InChI=1S/C15H26F2O3/c1-3-4-5-6-7-8-9-10-11-12-13(18)15(16,17)14(19)20-2/h3-12H2,1-2H3. The van der Waals surface area contributed by atoms with Gasteiger partial charge in [0.15, 0.2) is 0 Å². The van der Waals surface area contributed by atoms with E-state index in [4.69, 9.17) is 0 Å². The number of esters is 1. The van der Waals surface area contributed by atoms with Crippen LogP contribution in [0.3, 0.4) is 0 Å². The van der Waals surface area contributed by atoms with Gasteiger partial charge in [0.2, 0.25) is 5.78 Å². The van der Waals surface area contributed by atoms with E-state index in [-0.39, 0.29) is 6.42 Å². The lowest BCUT2D eigenvalue weighted by Gasteiger charge is -2.11. The third-order valence-electron chi connectivity index (χ3n) is 3.30. The average Bonchev–Trinajstić information content (AvgIpc) is 2.44. The molecule has 0 rings (SSSR count). The van der Waals surface area contributed by atoms with Gasteiger partial charge in [-0.05, 0) is 6.42 Å². The van der Waals surface area contributed by atoms with E-state index < -0.39 is 17.7 Å². The number of carbonyl (C=O) groups excluding carboxylic acids is 2. The Kier molecular flexibility index (Phi) is 10.2. The number of unbranched alkanes of at least 4 members (excludes halogenated alkanes) is 8. The van der Waals surface area contributed by atoms with Gasteiger partial charge in [-0.3, -0.25) is 4.79 Å². The molecular weight excluding hydrogens is 266 g/mol. The van der Waals surface area contributed by atoms with Gasteiger partial charge in [-0.25, -0.2) is 4.79 Å². The molecule has 0 N–H and O–H groups in total. The van der Waals surface area contributed by atoms with Crippen molar-refractivity contribution in [2.75, 3.05) is 7.11 Å². The van der Waals surface area contributed by atoms with Gasteiger partial charge in [0.05, 0.1) is 7.11 Å². The molecule has 5 heteroatoms. The fourth-order valence-corrected chi connectivity index (χ4v) is 2.00. The topological polar surface area (TPSA) is 43.4 Å². The zero-order valence-corrected chi connectivity index (χ0v) is 12.6. The number of Topliss-reactive ketones (excluding diaryl/α,β-unsaturated/α-hetero) is 1. The first-order chi connectivity index (χ1) is 9.46. The first kappa shape index (κ1) is 19.0. The largest absolute Gasteiger partial charge is 0.464 e. The van der Waals surface area contributed by atoms with Crippen molar-refractivity contribution >= 4 is 11.8 Å². The molecule has 0 fully saturated rings. The van der Waals surface area contributed by atoms with E-state index in [1.165, 1.54) is 25.7 Å². The van der Waals surface area contributed by atoms with Crippen LogP contribution in [0, 0.1) is 0 Å². The Morgan fingerprint density at radius 1 is 0.900 bits per heavy atom. The summed E-state index contributed by atoms with van der Waals surface area (Å²) < 4.78 is 30.2. The van der Waals surface area contributed by atoms with Gasteiger partial charge in [0.25, 0.3) is 0 Å². The Morgan fingerprint density at radius 2 is 1.35 bits per heavy atom. The van der Waals surface area contributed by atoms with Crippen LogP contribution in [0.5, 0.6) is 0 Å². The second-order valence-electron chi connectivity index (χ2n) is 5.07. The molecule has 0 heterocycles. The molecule has 0 spiro atoms. The molecule has 0 aliphatic heterocycles. The predicted octanol–water partition coefficient (Wildman–Crippen LogP) is 4.28. The maximum Gasteiger partial charge on any atom is 0.399 e. The highest BCUT2D eigenvalue weighted by Crippen LogP contribution is 2.20. The normalized spacial score (nSPS) is 11.4. The van der Waals surface area contributed by atoms with Crippen LogP contribution < -0.4 is 0 Å². The highest BCUT2D eigenvalue weighted by atomic mass is 19.3. The Hall–Kier alpha value is -1.00. The van der Waals surface area contributed by atoms with E-state index in [1.54, 1.807) is 0 Å². The maximum atomic E-state index is 13.1. The number of hydrogen-bond acceptors (Lipinski definition) is 3. The molecule has 0 aliphatic carbocycles. The quantitative estimate of drug-likeness (QED) is 0.306. The van der Waals surface area contributed by atoms with E-state index in [1.807, 2.05) is 0 Å². The minimum absolute atomic E-state index is 0.266. The van der Waals surface area contributed by atoms with Gasteiger partial charge in [-0.2, -0.15) is 8.78 Å². The molecule has 0 aromatic carbocycles. The van der Waals surface area contributed by atoms with Crippen molar-refractivity contribution in [3.8, 4) is 0 Å². The van der Waals surface area contributed by atoms with Crippen LogP contribution in [-0.4, -0.2) is 24.8 Å². The molecule has 118 valence electrons. The molecule has 20 heavy (non-hydrogen) atoms. The van der Waals surface area contributed by atoms with Crippen molar-refractivity contribution in [1.29, 1.82) is 0 Å². The second-order valence-corrected chi connectivity index (χ2v) is 5.07. The zero-order chi connectivity index (χ0) is 15.4. The lowest BCUT2D eigenvalue weighted by atomic mass is 10.0. The van der Waals surface area contributed by atoms with E-state index in [0.29, 0.717) is 6.42 Å². The van der Waals surface area contributed by atoms with E-state index in [9.17, 15) is 18.4 Å². The fourth-order valence-electron chi connectivity index (χ4n) is 2.00. The number of methoxy groups -OCH3 is 1. The Balaban J connectivity index is 3.60. The monoisotopic (exact) mass is 292 g/mol. The number of ether oxygens (including phenoxy) is 1. The molecule has 0 aromatic heterocycles. The number of rotatable bonds is 12. The minimum Gasteiger partial charge on any atom is -0.464 e. The van der Waals surface area contributed by atoms with Gasteiger partial charge >= 0.3 is 11.9 Å². The van der Waals surface area contributed by atoms with Crippen molar-refractivity contribution in [2.24, 2.45) is 0 Å². The molecule has 0 aliphatic rings. The summed E-state index contributed by atoms with van der Waals surface area (Å²) in [5, 5.41) is 0. The van der Waals surface area contributed by atoms with Crippen LogP contribution in [0.25, 0.3) is 0 Å². The SMILES string of the molecule is CCCCCCCCCCCC(=O)C(F)(F)C(=O)OC. The summed E-state index contributed by atoms with van der Waals surface area (Å²) in [5.41, 5.74) is 0. The lowest BCUT2D eigenvalue weighted by molar-refractivity contribution is -0.174. The van der Waals surface area contributed by atoms with Crippen molar-refractivity contribution in [1.82, 2.24) is 0 Å². The fraction of sp³-hybridized carbons (Fsp3) is 0.867. The Labute approximate surface area is 120 Å². The average molecular weight is 292 g/mol. The van der Waals surface area contributed by atoms with Crippen molar-refractivity contribution in [3.05, 3.63) is 0 Å². The molecule has 0 atom stereocenters. The summed E-state index contributed by atoms with van der Waals surface area (Å²) in [6.45, 7) is 2.17. The first-order valence-corrected chi connectivity index (χ1v) is 7.46. The summed E-state index contributed by atoms with van der Waals surface area (Å²) in [5.74, 6) is -7.10. The summed E-state index contributed by atoms with van der Waals surface area (Å²) in [7, 11) is 0.849. The molecule has 0 unspecified atom stereocenters. The summed E-state index contributed by atoms with van der Waals surface area (Å²) in [6, 6.07) is 0. The van der Waals surface area contributed by atoms with Gasteiger partial charge in [0, 0.05) is 6.42 Å². The van der Waals surface area contributed by atoms with Crippen molar-refractivity contribution in [3.63, 3.8) is 0 Å². The summed E-state index contributed by atoms with van der Waals surface area (Å²) >= 11 is 0. The molecule has 0 bridgehead atoms. The predicted molar refractivity (Wildman–Crippen MR) is 73.8 cm³/mol. The summed E-state index contributed by atoms with van der Waals surface area (Å²) in [6.07, 6.45) is 9.01. The highest BCUT2D eigenvalue weighted by Gasteiger charge is 2.47. The van der Waals surface area contributed by atoms with Crippen LogP contribution in [-0.2, 0) is 14.3 Å². The van der Waals surface area contributed by atoms with Crippen molar-refractivity contribution in [2.45, 2.75) is 77.1 Å². The van der Waals surface area contributed by atoms with Crippen LogP contribution in [0.1, 0.15) is 71.1 Å². The second kappa shape index (κ2) is 10.7.